The summed E-state index contributed by atoms with van der Waals surface area (Å²) in [4.78, 5) is 30.1. The Kier molecular flexibility index (Phi) is 5.27. The number of carbonyl (C=O) groups excluding carboxylic acids is 2. The van der Waals surface area contributed by atoms with Gasteiger partial charge in [-0.1, -0.05) is 6.07 Å². The van der Waals surface area contributed by atoms with E-state index in [1.54, 1.807) is 37.4 Å². The van der Waals surface area contributed by atoms with Crippen LogP contribution < -0.4 is 10.1 Å². The Morgan fingerprint density at radius 2 is 2.20 bits per heavy atom. The molecular formula is C23H24N4O3. The third-order valence-corrected chi connectivity index (χ3v) is 5.34. The monoisotopic (exact) mass is 404 g/mol. The lowest BCUT2D eigenvalue weighted by molar-refractivity contribution is -0.125. The number of hydrogen-bond acceptors (Lipinski definition) is 4. The summed E-state index contributed by atoms with van der Waals surface area (Å²) in [6.45, 7) is 0.468. The molecule has 0 saturated heterocycles. The minimum absolute atomic E-state index is 0.0137. The van der Waals surface area contributed by atoms with Crippen LogP contribution in [-0.4, -0.2) is 40.4 Å². The zero-order chi connectivity index (χ0) is 21.3. The average molecular weight is 404 g/mol. The van der Waals surface area contributed by atoms with Crippen molar-refractivity contribution >= 4 is 34.6 Å². The van der Waals surface area contributed by atoms with Crippen molar-refractivity contribution in [2.45, 2.75) is 19.4 Å². The molecule has 0 unspecified atom stereocenters. The van der Waals surface area contributed by atoms with E-state index in [9.17, 15) is 9.59 Å². The molecule has 2 amide bonds. The molecule has 1 N–H and O–H groups in total. The Morgan fingerprint density at radius 3 is 3.00 bits per heavy atom. The number of benzene rings is 1. The van der Waals surface area contributed by atoms with Gasteiger partial charge in [0, 0.05) is 56.5 Å². The molecule has 0 aliphatic carbocycles. The summed E-state index contributed by atoms with van der Waals surface area (Å²) in [7, 11) is 5.42. The van der Waals surface area contributed by atoms with Crippen molar-refractivity contribution in [2.24, 2.45) is 7.05 Å². The van der Waals surface area contributed by atoms with Gasteiger partial charge in [0.15, 0.2) is 0 Å². The number of aromatic nitrogens is 2. The van der Waals surface area contributed by atoms with E-state index >= 15 is 0 Å². The van der Waals surface area contributed by atoms with Crippen LogP contribution in [0.1, 0.15) is 23.1 Å². The summed E-state index contributed by atoms with van der Waals surface area (Å²) in [6, 6.07) is 7.88. The molecule has 1 aliphatic heterocycles. The zero-order valence-corrected chi connectivity index (χ0v) is 17.3. The largest absolute Gasteiger partial charge is 0.496 e. The van der Waals surface area contributed by atoms with Crippen LogP contribution in [0, 0.1) is 0 Å². The highest BCUT2D eigenvalue weighted by atomic mass is 16.5. The molecule has 0 radical (unpaired) electrons. The van der Waals surface area contributed by atoms with E-state index in [1.807, 2.05) is 42.1 Å². The first-order chi connectivity index (χ1) is 14.5. The van der Waals surface area contributed by atoms with Crippen molar-refractivity contribution in [3.05, 3.63) is 59.4 Å². The Balaban J connectivity index is 1.50. The van der Waals surface area contributed by atoms with Crippen molar-refractivity contribution in [2.75, 3.05) is 19.5 Å². The van der Waals surface area contributed by atoms with Crippen LogP contribution in [0.25, 0.3) is 17.0 Å². The summed E-state index contributed by atoms with van der Waals surface area (Å²) in [6.07, 6.45) is 8.11. The maximum absolute atomic E-state index is 12.7. The van der Waals surface area contributed by atoms with Crippen LogP contribution in [0.2, 0.25) is 0 Å². The Bertz CT molecular complexity index is 1160. The molecule has 0 bridgehead atoms. The predicted molar refractivity (Wildman–Crippen MR) is 116 cm³/mol. The van der Waals surface area contributed by atoms with E-state index in [2.05, 4.69) is 10.3 Å². The molecular weight excluding hydrogens is 380 g/mol. The molecule has 3 heterocycles. The molecule has 0 spiro atoms. The number of methoxy groups -OCH3 is 1. The van der Waals surface area contributed by atoms with Gasteiger partial charge in [-0.25, -0.2) is 4.98 Å². The number of fused-ring (bicyclic) bond motifs is 2. The van der Waals surface area contributed by atoms with Gasteiger partial charge < -0.3 is 19.5 Å². The maximum Gasteiger partial charge on any atom is 0.246 e. The second-order valence-electron chi connectivity index (χ2n) is 7.47. The molecule has 1 aromatic carbocycles. The molecule has 30 heavy (non-hydrogen) atoms. The number of carbonyl (C=O) groups is 2. The van der Waals surface area contributed by atoms with Gasteiger partial charge in [0.2, 0.25) is 11.8 Å². The Hall–Kier alpha value is -3.61. The summed E-state index contributed by atoms with van der Waals surface area (Å²) < 4.78 is 7.56. The number of hydrogen-bond donors (Lipinski definition) is 1. The quantitative estimate of drug-likeness (QED) is 0.663. The normalized spacial score (nSPS) is 13.4. The smallest absolute Gasteiger partial charge is 0.246 e. The van der Waals surface area contributed by atoms with Crippen molar-refractivity contribution in [1.29, 1.82) is 0 Å². The fraction of sp³-hybridized carbons (Fsp3) is 0.261. The van der Waals surface area contributed by atoms with Gasteiger partial charge in [0.25, 0.3) is 0 Å². The molecule has 2 aromatic heterocycles. The van der Waals surface area contributed by atoms with Gasteiger partial charge in [0.1, 0.15) is 11.6 Å². The van der Waals surface area contributed by atoms with E-state index in [1.165, 1.54) is 0 Å². The number of amides is 2. The van der Waals surface area contributed by atoms with Crippen LogP contribution in [0.15, 0.2) is 42.7 Å². The van der Waals surface area contributed by atoms with Crippen LogP contribution in [0.5, 0.6) is 5.75 Å². The zero-order valence-electron chi connectivity index (χ0n) is 17.3. The second-order valence-corrected chi connectivity index (χ2v) is 7.47. The lowest BCUT2D eigenvalue weighted by Crippen LogP contribution is -2.24. The van der Waals surface area contributed by atoms with E-state index in [0.29, 0.717) is 25.2 Å². The van der Waals surface area contributed by atoms with Crippen molar-refractivity contribution in [3.63, 3.8) is 0 Å². The van der Waals surface area contributed by atoms with E-state index in [4.69, 9.17) is 4.74 Å². The Morgan fingerprint density at radius 1 is 1.37 bits per heavy atom. The SMILES string of the molecule is COc1cccc2c1c(CN(C)C(=O)C=Cc1cnc3c(c1)CCC(=O)N3)cn2C. The van der Waals surface area contributed by atoms with Crippen molar-refractivity contribution in [1.82, 2.24) is 14.5 Å². The standard InChI is InChI=1S/C23H24N4O3/c1-26-13-17(22-18(26)5-4-6-19(22)30-3)14-27(2)21(29)10-7-15-11-16-8-9-20(28)25-23(16)24-12-15/h4-7,10-13H,8-9,14H2,1-3H3,(H,24,25,28). The van der Waals surface area contributed by atoms with Gasteiger partial charge in [-0.2, -0.15) is 0 Å². The van der Waals surface area contributed by atoms with Crippen LogP contribution >= 0.6 is 0 Å². The first-order valence-electron chi connectivity index (χ1n) is 9.79. The molecule has 4 rings (SSSR count). The summed E-state index contributed by atoms with van der Waals surface area (Å²) in [5.41, 5.74) is 3.91. The fourth-order valence-corrected chi connectivity index (χ4v) is 3.79. The fourth-order valence-electron chi connectivity index (χ4n) is 3.79. The van der Waals surface area contributed by atoms with E-state index < -0.39 is 0 Å². The van der Waals surface area contributed by atoms with E-state index in [-0.39, 0.29) is 11.8 Å². The molecule has 7 heteroatoms. The minimum atomic E-state index is -0.104. The Labute approximate surface area is 175 Å². The topological polar surface area (TPSA) is 76.5 Å². The number of rotatable bonds is 5. The van der Waals surface area contributed by atoms with E-state index in [0.717, 1.165) is 33.3 Å². The highest BCUT2D eigenvalue weighted by Gasteiger charge is 2.17. The molecule has 0 saturated carbocycles. The van der Waals surface area contributed by atoms with Gasteiger partial charge in [-0.3, -0.25) is 9.59 Å². The van der Waals surface area contributed by atoms with Gasteiger partial charge in [-0.05, 0) is 41.8 Å². The van der Waals surface area contributed by atoms with Crippen LogP contribution in [0.4, 0.5) is 5.82 Å². The average Bonchev–Trinajstić information content (AvgIpc) is 3.07. The first kappa shape index (κ1) is 19.7. The number of nitrogens with zero attached hydrogens (tertiary/aromatic N) is 3. The van der Waals surface area contributed by atoms with Crippen molar-refractivity contribution in [3.8, 4) is 5.75 Å². The second kappa shape index (κ2) is 8.02. The highest BCUT2D eigenvalue weighted by molar-refractivity contribution is 5.94. The predicted octanol–water partition coefficient (Wildman–Crippen LogP) is 3.14. The third kappa shape index (κ3) is 3.78. The lowest BCUT2D eigenvalue weighted by atomic mass is 10.0. The summed E-state index contributed by atoms with van der Waals surface area (Å²) in [5.74, 6) is 1.29. The molecule has 1 aliphatic rings. The number of anilines is 1. The third-order valence-electron chi connectivity index (χ3n) is 5.34. The number of nitrogens with one attached hydrogen (secondary N) is 1. The number of ether oxygens (including phenoxy) is 1. The molecule has 0 fully saturated rings. The number of pyridine rings is 1. The molecule has 7 nitrogen and oxygen atoms in total. The molecule has 3 aromatic rings. The number of aryl methyl sites for hydroxylation is 2. The maximum atomic E-state index is 12.7. The number of likely N-dealkylation sites (N-methyl/N-ethyl adjacent to an activating group) is 1. The lowest BCUT2D eigenvalue weighted by Gasteiger charge is -2.16. The van der Waals surface area contributed by atoms with Crippen LogP contribution in [0.3, 0.4) is 0 Å². The van der Waals surface area contributed by atoms with Gasteiger partial charge in [0.05, 0.1) is 12.6 Å². The first-order valence-corrected chi connectivity index (χ1v) is 9.79. The molecule has 0 atom stereocenters. The van der Waals surface area contributed by atoms with Gasteiger partial charge >= 0.3 is 0 Å². The molecule has 154 valence electrons. The summed E-state index contributed by atoms with van der Waals surface area (Å²) in [5, 5.41) is 3.78. The summed E-state index contributed by atoms with van der Waals surface area (Å²) >= 11 is 0. The van der Waals surface area contributed by atoms with Gasteiger partial charge in [-0.15, -0.1) is 0 Å². The highest BCUT2D eigenvalue weighted by Crippen LogP contribution is 2.30. The van der Waals surface area contributed by atoms with Crippen LogP contribution in [-0.2, 0) is 29.6 Å². The van der Waals surface area contributed by atoms with Crippen molar-refractivity contribution < 1.29 is 14.3 Å². The minimum Gasteiger partial charge on any atom is -0.496 e.